The number of hydrogen-bond donors (Lipinski definition) is 2. The Labute approximate surface area is 160 Å². The summed E-state index contributed by atoms with van der Waals surface area (Å²) in [7, 11) is -3.46. The number of carboxylic acids is 1. The van der Waals surface area contributed by atoms with Crippen LogP contribution < -0.4 is 5.32 Å². The number of carbonyl (C=O) groups excluding carboxylic acids is 1. The number of nitrogens with zero attached hydrogens (tertiary/aromatic N) is 1. The zero-order chi connectivity index (χ0) is 19.9. The van der Waals surface area contributed by atoms with Crippen LogP contribution in [0.5, 0.6) is 0 Å². The number of rotatable bonds is 10. The Morgan fingerprint density at radius 3 is 2.63 bits per heavy atom. The van der Waals surface area contributed by atoms with Gasteiger partial charge in [0.05, 0.1) is 11.7 Å². The third-order valence-electron chi connectivity index (χ3n) is 4.82. The molecule has 0 aromatic heterocycles. The second kappa shape index (κ2) is 9.85. The summed E-state index contributed by atoms with van der Waals surface area (Å²) in [6.45, 7) is 2.24. The highest BCUT2D eigenvalue weighted by atomic mass is 32.2. The van der Waals surface area contributed by atoms with Crippen molar-refractivity contribution in [2.45, 2.75) is 45.1 Å². The fourth-order valence-corrected chi connectivity index (χ4v) is 5.15. The van der Waals surface area contributed by atoms with Gasteiger partial charge in [-0.2, -0.15) is 4.31 Å². The Morgan fingerprint density at radius 2 is 2.00 bits per heavy atom. The van der Waals surface area contributed by atoms with Crippen molar-refractivity contribution in [3.63, 3.8) is 0 Å². The van der Waals surface area contributed by atoms with Gasteiger partial charge in [0.2, 0.25) is 15.9 Å². The summed E-state index contributed by atoms with van der Waals surface area (Å²) < 4.78 is 26.2. The molecule has 2 unspecified atom stereocenters. The summed E-state index contributed by atoms with van der Waals surface area (Å²) in [5, 5.41) is 12.1. The number of carbonyl (C=O) groups is 2. The Hall–Kier alpha value is -1.93. The van der Waals surface area contributed by atoms with Crippen molar-refractivity contribution in [2.75, 3.05) is 18.8 Å². The van der Waals surface area contributed by atoms with Crippen molar-refractivity contribution in [1.82, 2.24) is 9.62 Å². The van der Waals surface area contributed by atoms with Crippen LogP contribution in [0.25, 0.3) is 0 Å². The van der Waals surface area contributed by atoms with Crippen LogP contribution >= 0.6 is 0 Å². The summed E-state index contributed by atoms with van der Waals surface area (Å²) in [6.07, 6.45) is 2.73. The number of carboxylic acid groups (broad SMARTS) is 1. The molecule has 1 amide bonds. The Morgan fingerprint density at radius 1 is 1.30 bits per heavy atom. The number of nitrogens with one attached hydrogen (secondary N) is 1. The van der Waals surface area contributed by atoms with Crippen molar-refractivity contribution < 1.29 is 23.1 Å². The van der Waals surface area contributed by atoms with Crippen LogP contribution in [0.4, 0.5) is 0 Å². The minimum atomic E-state index is -3.46. The van der Waals surface area contributed by atoms with Crippen molar-refractivity contribution >= 4 is 21.9 Å². The lowest BCUT2D eigenvalue weighted by Crippen LogP contribution is -2.48. The fraction of sp³-hybridized carbons (Fsp3) is 0.579. The molecule has 0 bridgehead atoms. The SMILES string of the molecule is CCCCS(=O)(=O)N1CCCC1C(=O)NCC(Cc1ccccc1)C(=O)O. The maximum absolute atomic E-state index is 12.5. The molecule has 0 radical (unpaired) electrons. The van der Waals surface area contributed by atoms with Gasteiger partial charge in [-0.15, -0.1) is 0 Å². The van der Waals surface area contributed by atoms with E-state index in [9.17, 15) is 23.1 Å². The van der Waals surface area contributed by atoms with E-state index in [-0.39, 0.29) is 12.3 Å². The molecule has 27 heavy (non-hydrogen) atoms. The highest BCUT2D eigenvalue weighted by molar-refractivity contribution is 7.89. The average molecular weight is 397 g/mol. The molecule has 8 heteroatoms. The van der Waals surface area contributed by atoms with Gasteiger partial charge < -0.3 is 10.4 Å². The van der Waals surface area contributed by atoms with Gasteiger partial charge in [-0.1, -0.05) is 43.7 Å². The molecular formula is C19H28N2O5S. The van der Waals surface area contributed by atoms with Crippen molar-refractivity contribution in [3.05, 3.63) is 35.9 Å². The topological polar surface area (TPSA) is 104 Å². The molecule has 0 spiro atoms. The molecule has 7 nitrogen and oxygen atoms in total. The van der Waals surface area contributed by atoms with Gasteiger partial charge in [0.25, 0.3) is 0 Å². The van der Waals surface area contributed by atoms with Crippen LogP contribution in [0.1, 0.15) is 38.2 Å². The minimum Gasteiger partial charge on any atom is -0.481 e. The maximum atomic E-state index is 12.5. The molecule has 2 N–H and O–H groups in total. The first kappa shape index (κ1) is 21.4. The molecule has 150 valence electrons. The maximum Gasteiger partial charge on any atom is 0.308 e. The summed E-state index contributed by atoms with van der Waals surface area (Å²) >= 11 is 0. The molecule has 1 aromatic carbocycles. The predicted molar refractivity (Wildman–Crippen MR) is 103 cm³/mol. The van der Waals surface area contributed by atoms with Crippen molar-refractivity contribution in [3.8, 4) is 0 Å². The van der Waals surface area contributed by atoms with E-state index in [4.69, 9.17) is 0 Å². The van der Waals surface area contributed by atoms with E-state index in [0.29, 0.717) is 32.2 Å². The number of hydrogen-bond acceptors (Lipinski definition) is 4. The van der Waals surface area contributed by atoms with Crippen LogP contribution in [-0.2, 0) is 26.0 Å². The first-order chi connectivity index (χ1) is 12.8. The largest absolute Gasteiger partial charge is 0.481 e. The van der Waals surface area contributed by atoms with Gasteiger partial charge in [0.1, 0.15) is 6.04 Å². The molecule has 0 aliphatic carbocycles. The molecular weight excluding hydrogens is 368 g/mol. The molecule has 1 saturated heterocycles. The Balaban J connectivity index is 1.97. The molecule has 0 saturated carbocycles. The number of amides is 1. The smallest absolute Gasteiger partial charge is 0.308 e. The molecule has 1 aromatic rings. The van der Waals surface area contributed by atoms with Crippen LogP contribution in [0.2, 0.25) is 0 Å². The van der Waals surface area contributed by atoms with Crippen LogP contribution in [0.15, 0.2) is 30.3 Å². The molecule has 2 atom stereocenters. The van der Waals surface area contributed by atoms with Gasteiger partial charge in [0.15, 0.2) is 0 Å². The first-order valence-corrected chi connectivity index (χ1v) is 11.0. The monoisotopic (exact) mass is 396 g/mol. The van der Waals surface area contributed by atoms with Crippen LogP contribution in [-0.4, -0.2) is 54.6 Å². The third-order valence-corrected chi connectivity index (χ3v) is 6.77. The third kappa shape index (κ3) is 6.04. The zero-order valence-corrected chi connectivity index (χ0v) is 16.5. The van der Waals surface area contributed by atoms with Gasteiger partial charge in [-0.3, -0.25) is 9.59 Å². The van der Waals surface area contributed by atoms with E-state index in [0.717, 1.165) is 12.0 Å². The first-order valence-electron chi connectivity index (χ1n) is 9.39. The van der Waals surface area contributed by atoms with Crippen molar-refractivity contribution in [1.29, 1.82) is 0 Å². The molecule has 1 aliphatic rings. The van der Waals surface area contributed by atoms with E-state index in [1.807, 2.05) is 37.3 Å². The lowest BCUT2D eigenvalue weighted by atomic mass is 9.99. The van der Waals surface area contributed by atoms with E-state index >= 15 is 0 Å². The van der Waals surface area contributed by atoms with Crippen LogP contribution in [0, 0.1) is 5.92 Å². The fourth-order valence-electron chi connectivity index (χ4n) is 3.27. The number of unbranched alkanes of at least 4 members (excludes halogenated alkanes) is 1. The molecule has 2 rings (SSSR count). The highest BCUT2D eigenvalue weighted by Crippen LogP contribution is 2.22. The second-order valence-electron chi connectivity index (χ2n) is 6.91. The Kier molecular flexibility index (Phi) is 7.79. The van der Waals surface area contributed by atoms with Crippen LogP contribution in [0.3, 0.4) is 0 Å². The van der Waals surface area contributed by atoms with Crippen molar-refractivity contribution in [2.24, 2.45) is 5.92 Å². The van der Waals surface area contributed by atoms with E-state index in [1.165, 1.54) is 4.31 Å². The number of sulfonamides is 1. The van der Waals surface area contributed by atoms with E-state index in [1.54, 1.807) is 0 Å². The number of aliphatic carboxylic acids is 1. The summed E-state index contributed by atoms with van der Waals surface area (Å²) in [4.78, 5) is 24.1. The van der Waals surface area contributed by atoms with Gasteiger partial charge in [0, 0.05) is 13.1 Å². The lowest BCUT2D eigenvalue weighted by Gasteiger charge is -2.24. The molecule has 1 heterocycles. The van der Waals surface area contributed by atoms with Gasteiger partial charge in [-0.05, 0) is 31.2 Å². The van der Waals surface area contributed by atoms with Gasteiger partial charge >= 0.3 is 5.97 Å². The van der Waals surface area contributed by atoms with E-state index < -0.39 is 33.9 Å². The second-order valence-corrected chi connectivity index (χ2v) is 8.95. The minimum absolute atomic E-state index is 0.0254. The normalized spacial score (nSPS) is 18.9. The number of benzene rings is 1. The molecule has 1 aliphatic heterocycles. The summed E-state index contributed by atoms with van der Waals surface area (Å²) in [5.74, 6) is -2.12. The molecule has 1 fully saturated rings. The summed E-state index contributed by atoms with van der Waals surface area (Å²) in [5.41, 5.74) is 0.879. The highest BCUT2D eigenvalue weighted by Gasteiger charge is 2.38. The van der Waals surface area contributed by atoms with E-state index in [2.05, 4.69) is 5.32 Å². The quantitative estimate of drug-likeness (QED) is 0.626. The standard InChI is InChI=1S/C19H28N2O5S/c1-2-3-12-27(25,26)21-11-7-10-17(21)18(22)20-14-16(19(23)24)13-15-8-5-4-6-9-15/h4-6,8-9,16-17H,2-3,7,10-14H2,1H3,(H,20,22)(H,23,24). The average Bonchev–Trinajstić information content (AvgIpc) is 3.15. The summed E-state index contributed by atoms with van der Waals surface area (Å²) in [6, 6.07) is 8.48. The zero-order valence-electron chi connectivity index (χ0n) is 15.6. The van der Waals surface area contributed by atoms with Gasteiger partial charge in [-0.25, -0.2) is 8.42 Å². The Bertz CT molecular complexity index is 736. The lowest BCUT2D eigenvalue weighted by molar-refractivity contribution is -0.141. The predicted octanol–water partition coefficient (Wildman–Crippen LogP) is 1.64.